The molecule has 2 rings (SSSR count). The van der Waals surface area contributed by atoms with E-state index in [0.29, 0.717) is 16.9 Å². The second-order valence-electron chi connectivity index (χ2n) is 4.17. The molecule has 4 heteroatoms. The average molecular weight is 281 g/mol. The molecule has 0 bridgehead atoms. The lowest BCUT2D eigenvalue weighted by Gasteiger charge is -2.08. The van der Waals surface area contributed by atoms with Crippen LogP contribution >= 0.6 is 0 Å². The van der Waals surface area contributed by atoms with Crippen LogP contribution in [0.15, 0.2) is 42.5 Å². The summed E-state index contributed by atoms with van der Waals surface area (Å²) in [6, 6.07) is 13.2. The molecule has 0 radical (unpaired) electrons. The number of rotatable bonds is 3. The fourth-order valence-electron chi connectivity index (χ4n) is 1.74. The number of aliphatic hydroxyl groups is 1. The third-order valence-corrected chi connectivity index (χ3v) is 2.73. The lowest BCUT2D eigenvalue weighted by atomic mass is 10.1. The Kier molecular flexibility index (Phi) is 4.93. The van der Waals surface area contributed by atoms with Gasteiger partial charge in [-0.1, -0.05) is 30.0 Å². The summed E-state index contributed by atoms with van der Waals surface area (Å²) in [5, 5.41) is 17.5. The molecule has 0 saturated heterocycles. The fourth-order valence-corrected chi connectivity index (χ4v) is 1.74. The molecule has 0 atom stereocenters. The Labute approximate surface area is 122 Å². The minimum Gasteiger partial charge on any atom is -0.488 e. The average Bonchev–Trinajstić information content (AvgIpc) is 2.53. The zero-order chi connectivity index (χ0) is 15.1. The molecule has 0 fully saturated rings. The van der Waals surface area contributed by atoms with E-state index in [4.69, 9.17) is 15.1 Å². The van der Waals surface area contributed by atoms with Gasteiger partial charge in [-0.3, -0.25) is 0 Å². The van der Waals surface area contributed by atoms with Crippen molar-refractivity contribution in [1.82, 2.24) is 0 Å². The maximum absolute atomic E-state index is 13.2. The van der Waals surface area contributed by atoms with Crippen LogP contribution in [0.4, 0.5) is 4.39 Å². The van der Waals surface area contributed by atoms with Gasteiger partial charge in [-0.05, 0) is 29.8 Å². The van der Waals surface area contributed by atoms with Crippen molar-refractivity contribution in [2.45, 2.75) is 6.61 Å². The molecule has 2 aromatic carbocycles. The van der Waals surface area contributed by atoms with Crippen molar-refractivity contribution in [2.75, 3.05) is 6.61 Å². The van der Waals surface area contributed by atoms with E-state index in [1.165, 1.54) is 12.1 Å². The molecule has 0 saturated carbocycles. The number of aliphatic hydroxyl groups excluding tert-OH is 1. The van der Waals surface area contributed by atoms with Crippen LogP contribution < -0.4 is 4.74 Å². The first kappa shape index (κ1) is 14.6. The van der Waals surface area contributed by atoms with Gasteiger partial charge in [0.1, 0.15) is 30.8 Å². The molecule has 0 unspecified atom stereocenters. The van der Waals surface area contributed by atoms with Gasteiger partial charge >= 0.3 is 0 Å². The topological polar surface area (TPSA) is 53.2 Å². The SMILES string of the molecule is N#Cc1cc(COc2ccccc2C#CCO)ccc1F. The van der Waals surface area contributed by atoms with Gasteiger partial charge < -0.3 is 9.84 Å². The normalized spacial score (nSPS) is 9.38. The van der Waals surface area contributed by atoms with Crippen LogP contribution in [0.1, 0.15) is 16.7 Å². The van der Waals surface area contributed by atoms with Crippen LogP contribution in [-0.4, -0.2) is 11.7 Å². The molecule has 0 heterocycles. The summed E-state index contributed by atoms with van der Waals surface area (Å²) in [6.45, 7) is -0.0232. The van der Waals surface area contributed by atoms with Crippen LogP contribution in [0.5, 0.6) is 5.75 Å². The predicted molar refractivity (Wildman–Crippen MR) is 75.9 cm³/mol. The summed E-state index contributed by atoms with van der Waals surface area (Å²) in [6.07, 6.45) is 0. The summed E-state index contributed by atoms with van der Waals surface area (Å²) in [7, 11) is 0. The van der Waals surface area contributed by atoms with Gasteiger partial charge in [-0.15, -0.1) is 0 Å². The fraction of sp³-hybridized carbons (Fsp3) is 0.118. The lowest BCUT2D eigenvalue weighted by Crippen LogP contribution is -1.98. The van der Waals surface area contributed by atoms with E-state index >= 15 is 0 Å². The van der Waals surface area contributed by atoms with E-state index in [9.17, 15) is 4.39 Å². The largest absolute Gasteiger partial charge is 0.488 e. The van der Waals surface area contributed by atoms with E-state index in [2.05, 4.69) is 11.8 Å². The maximum Gasteiger partial charge on any atom is 0.140 e. The van der Waals surface area contributed by atoms with Crippen LogP contribution in [0.2, 0.25) is 0 Å². The molecular weight excluding hydrogens is 269 g/mol. The number of benzene rings is 2. The third kappa shape index (κ3) is 3.82. The Morgan fingerprint density at radius 3 is 2.71 bits per heavy atom. The van der Waals surface area contributed by atoms with Crippen molar-refractivity contribution in [2.24, 2.45) is 0 Å². The van der Waals surface area contributed by atoms with Crippen molar-refractivity contribution in [3.8, 4) is 23.7 Å². The number of nitriles is 1. The highest BCUT2D eigenvalue weighted by molar-refractivity contribution is 5.46. The monoisotopic (exact) mass is 281 g/mol. The van der Waals surface area contributed by atoms with Crippen LogP contribution in [-0.2, 0) is 6.61 Å². The molecular formula is C17H12FNO2. The minimum atomic E-state index is -0.546. The third-order valence-electron chi connectivity index (χ3n) is 2.73. The number of hydrogen-bond donors (Lipinski definition) is 1. The van der Waals surface area contributed by atoms with Gasteiger partial charge in [0.15, 0.2) is 0 Å². The van der Waals surface area contributed by atoms with E-state index in [-0.39, 0.29) is 18.8 Å². The Morgan fingerprint density at radius 1 is 1.14 bits per heavy atom. The van der Waals surface area contributed by atoms with Crippen LogP contribution in [0.25, 0.3) is 0 Å². The Hall–Kier alpha value is -2.82. The number of halogens is 1. The molecule has 1 N–H and O–H groups in total. The molecule has 3 nitrogen and oxygen atoms in total. The van der Waals surface area contributed by atoms with Crippen LogP contribution in [0, 0.1) is 29.0 Å². The Balaban J connectivity index is 2.15. The molecule has 0 aromatic heterocycles. The van der Waals surface area contributed by atoms with Crippen molar-refractivity contribution in [3.05, 3.63) is 65.0 Å². The van der Waals surface area contributed by atoms with Crippen molar-refractivity contribution in [1.29, 1.82) is 5.26 Å². The maximum atomic E-state index is 13.2. The predicted octanol–water partition coefficient (Wildman–Crippen LogP) is 2.62. The molecule has 0 amide bonds. The quantitative estimate of drug-likeness (QED) is 0.880. The summed E-state index contributed by atoms with van der Waals surface area (Å²) in [4.78, 5) is 0. The minimum absolute atomic E-state index is 0.00976. The summed E-state index contributed by atoms with van der Waals surface area (Å²) < 4.78 is 18.9. The van der Waals surface area contributed by atoms with E-state index in [1.807, 2.05) is 12.1 Å². The van der Waals surface area contributed by atoms with E-state index < -0.39 is 5.82 Å². The van der Waals surface area contributed by atoms with Crippen molar-refractivity contribution < 1.29 is 14.2 Å². The molecule has 2 aromatic rings. The van der Waals surface area contributed by atoms with Gasteiger partial charge in [-0.2, -0.15) is 5.26 Å². The zero-order valence-corrected chi connectivity index (χ0v) is 11.1. The lowest BCUT2D eigenvalue weighted by molar-refractivity contribution is 0.305. The first-order valence-electron chi connectivity index (χ1n) is 6.24. The van der Waals surface area contributed by atoms with Gasteiger partial charge in [0, 0.05) is 0 Å². The second-order valence-corrected chi connectivity index (χ2v) is 4.17. The number of nitrogens with zero attached hydrogens (tertiary/aromatic N) is 1. The summed E-state index contributed by atoms with van der Waals surface area (Å²) in [5.74, 6) is 5.38. The Morgan fingerprint density at radius 2 is 1.95 bits per heavy atom. The number of ether oxygens (including phenoxy) is 1. The zero-order valence-electron chi connectivity index (χ0n) is 11.1. The van der Waals surface area contributed by atoms with Gasteiger partial charge in [0.2, 0.25) is 0 Å². The van der Waals surface area contributed by atoms with Gasteiger partial charge in [-0.25, -0.2) is 4.39 Å². The smallest absolute Gasteiger partial charge is 0.140 e. The highest BCUT2D eigenvalue weighted by atomic mass is 19.1. The summed E-state index contributed by atoms with van der Waals surface area (Å²) >= 11 is 0. The first-order valence-corrected chi connectivity index (χ1v) is 6.24. The second kappa shape index (κ2) is 7.09. The number of hydrogen-bond acceptors (Lipinski definition) is 3. The molecule has 104 valence electrons. The van der Waals surface area contributed by atoms with Crippen LogP contribution in [0.3, 0.4) is 0 Å². The van der Waals surface area contributed by atoms with E-state index in [0.717, 1.165) is 0 Å². The first-order chi connectivity index (χ1) is 10.2. The summed E-state index contributed by atoms with van der Waals surface area (Å²) in [5.41, 5.74) is 1.34. The molecule has 0 aliphatic carbocycles. The molecule has 0 spiro atoms. The highest BCUT2D eigenvalue weighted by Crippen LogP contribution is 2.19. The molecule has 21 heavy (non-hydrogen) atoms. The molecule has 0 aliphatic heterocycles. The van der Waals surface area contributed by atoms with Gasteiger partial charge in [0.05, 0.1) is 11.1 Å². The Bertz CT molecular complexity index is 738. The standard InChI is InChI=1S/C17H12FNO2/c18-16-8-7-13(10-15(16)11-19)12-21-17-6-2-1-4-14(17)5-3-9-20/h1-2,4,6-8,10,20H,9,12H2. The van der Waals surface area contributed by atoms with Crippen molar-refractivity contribution >= 4 is 0 Å². The van der Waals surface area contributed by atoms with E-state index in [1.54, 1.807) is 24.3 Å². The highest BCUT2D eigenvalue weighted by Gasteiger charge is 2.05. The van der Waals surface area contributed by atoms with Crippen molar-refractivity contribution in [3.63, 3.8) is 0 Å². The van der Waals surface area contributed by atoms with Gasteiger partial charge in [0.25, 0.3) is 0 Å². The number of para-hydroxylation sites is 1. The molecule has 0 aliphatic rings.